The van der Waals surface area contributed by atoms with Crippen LogP contribution in [0.2, 0.25) is 0 Å². The van der Waals surface area contributed by atoms with Crippen LogP contribution >= 0.6 is 0 Å². The number of carbonyl (C=O) groups is 3. The van der Waals surface area contributed by atoms with Gasteiger partial charge in [-0.3, -0.25) is 14.4 Å². The number of hydrogen-bond donors (Lipinski definition) is 0. The van der Waals surface area contributed by atoms with E-state index in [1.54, 1.807) is 0 Å². The maximum atomic E-state index is 12.9. The maximum Gasteiger partial charge on any atom is 0.306 e. The summed E-state index contributed by atoms with van der Waals surface area (Å²) >= 11 is 0. The molecule has 0 aromatic carbocycles. The van der Waals surface area contributed by atoms with E-state index in [4.69, 9.17) is 14.2 Å². The summed E-state index contributed by atoms with van der Waals surface area (Å²) in [4.78, 5) is 38.3. The Bertz CT molecular complexity index is 1480. The number of rotatable bonds is 57. The van der Waals surface area contributed by atoms with Crippen molar-refractivity contribution in [3.05, 3.63) is 97.2 Å². The van der Waals surface area contributed by atoms with E-state index >= 15 is 0 Å². The minimum Gasteiger partial charge on any atom is -0.462 e. The second kappa shape index (κ2) is 62.9. The van der Waals surface area contributed by atoms with Crippen LogP contribution in [0.3, 0.4) is 0 Å². The minimum atomic E-state index is -0.787. The summed E-state index contributed by atoms with van der Waals surface area (Å²) in [6, 6.07) is 0. The van der Waals surface area contributed by atoms with Crippen LogP contribution in [0.1, 0.15) is 303 Å². The third-order valence-corrected chi connectivity index (χ3v) is 13.6. The van der Waals surface area contributed by atoms with Gasteiger partial charge in [-0.1, -0.05) is 279 Å². The summed E-state index contributed by atoms with van der Waals surface area (Å²) in [5, 5.41) is 0. The Morgan fingerprint density at radius 2 is 0.520 bits per heavy atom. The Labute approximate surface area is 464 Å². The molecule has 0 spiro atoms. The van der Waals surface area contributed by atoms with Crippen molar-refractivity contribution in [1.82, 2.24) is 0 Å². The quantitative estimate of drug-likeness (QED) is 0.0261. The molecule has 0 aromatic heterocycles. The number of carbonyl (C=O) groups excluding carboxylic acids is 3. The third-order valence-electron chi connectivity index (χ3n) is 13.6. The average molecular weight is 1040 g/mol. The van der Waals surface area contributed by atoms with Gasteiger partial charge in [0.05, 0.1) is 0 Å². The second-order valence-electron chi connectivity index (χ2n) is 20.9. The smallest absolute Gasteiger partial charge is 0.306 e. The van der Waals surface area contributed by atoms with Crippen LogP contribution in [0, 0.1) is 0 Å². The van der Waals surface area contributed by atoms with Crippen molar-refractivity contribution in [2.75, 3.05) is 13.2 Å². The van der Waals surface area contributed by atoms with E-state index in [0.29, 0.717) is 19.3 Å². The first-order valence-corrected chi connectivity index (χ1v) is 31.7. The Balaban J connectivity index is 4.36. The van der Waals surface area contributed by atoms with E-state index in [1.807, 2.05) is 0 Å². The number of esters is 3. The number of unbranched alkanes of at least 4 members (excludes halogenated alkanes) is 30. The van der Waals surface area contributed by atoms with Gasteiger partial charge in [-0.05, 0) is 103 Å². The molecule has 1 atom stereocenters. The molecule has 0 rings (SSSR count). The molecule has 6 heteroatoms. The molecule has 0 bridgehead atoms. The van der Waals surface area contributed by atoms with E-state index < -0.39 is 6.10 Å². The molecule has 0 aliphatic rings. The van der Waals surface area contributed by atoms with Gasteiger partial charge in [0.15, 0.2) is 6.10 Å². The Morgan fingerprint density at radius 3 is 0.840 bits per heavy atom. The van der Waals surface area contributed by atoms with Gasteiger partial charge in [-0.25, -0.2) is 0 Å². The van der Waals surface area contributed by atoms with Gasteiger partial charge in [0, 0.05) is 19.3 Å². The Kier molecular flexibility index (Phi) is 59.8. The van der Waals surface area contributed by atoms with Crippen molar-refractivity contribution in [2.45, 2.75) is 309 Å². The van der Waals surface area contributed by atoms with Gasteiger partial charge in [0.25, 0.3) is 0 Å². The molecule has 430 valence electrons. The van der Waals surface area contributed by atoms with E-state index in [9.17, 15) is 14.4 Å². The van der Waals surface area contributed by atoms with Crippen LogP contribution in [-0.4, -0.2) is 37.2 Å². The Morgan fingerprint density at radius 1 is 0.280 bits per heavy atom. The fourth-order valence-corrected chi connectivity index (χ4v) is 8.83. The fourth-order valence-electron chi connectivity index (χ4n) is 8.83. The summed E-state index contributed by atoms with van der Waals surface area (Å²) in [7, 11) is 0. The zero-order valence-electron chi connectivity index (χ0n) is 49.3. The van der Waals surface area contributed by atoms with Crippen LogP contribution in [0.4, 0.5) is 0 Å². The van der Waals surface area contributed by atoms with Crippen molar-refractivity contribution < 1.29 is 28.6 Å². The van der Waals surface area contributed by atoms with Gasteiger partial charge >= 0.3 is 17.9 Å². The molecule has 0 amide bonds. The highest BCUT2D eigenvalue weighted by Crippen LogP contribution is 2.16. The van der Waals surface area contributed by atoms with Crippen molar-refractivity contribution in [2.24, 2.45) is 0 Å². The summed E-state index contributed by atoms with van der Waals surface area (Å²) in [6.07, 6.45) is 84.0. The lowest BCUT2D eigenvalue weighted by Crippen LogP contribution is -2.30. The molecule has 0 N–H and O–H groups in total. The lowest BCUT2D eigenvalue weighted by molar-refractivity contribution is -0.167. The summed E-state index contributed by atoms with van der Waals surface area (Å²) < 4.78 is 16.9. The van der Waals surface area contributed by atoms with Crippen LogP contribution < -0.4 is 0 Å². The number of hydrogen-bond acceptors (Lipinski definition) is 6. The van der Waals surface area contributed by atoms with E-state index in [0.717, 1.165) is 122 Å². The first-order chi connectivity index (χ1) is 37.0. The number of allylic oxidation sites excluding steroid dienone is 16. The number of ether oxygens (including phenoxy) is 3. The van der Waals surface area contributed by atoms with E-state index in [2.05, 4.69) is 118 Å². The molecule has 0 aliphatic carbocycles. The monoisotopic (exact) mass is 1040 g/mol. The van der Waals surface area contributed by atoms with Gasteiger partial charge < -0.3 is 14.2 Å². The lowest BCUT2D eigenvalue weighted by atomic mass is 10.0. The van der Waals surface area contributed by atoms with Gasteiger partial charge in [-0.15, -0.1) is 0 Å². The summed E-state index contributed by atoms with van der Waals surface area (Å²) in [5.74, 6) is -0.891. The van der Waals surface area contributed by atoms with Crippen LogP contribution in [0.5, 0.6) is 0 Å². The third kappa shape index (κ3) is 61.1. The molecular weight excluding hydrogens is 925 g/mol. The van der Waals surface area contributed by atoms with Crippen LogP contribution in [0.25, 0.3) is 0 Å². The Hall–Kier alpha value is -3.67. The molecule has 0 aromatic rings. The molecule has 0 heterocycles. The highest BCUT2D eigenvalue weighted by Gasteiger charge is 2.19. The predicted molar refractivity (Wildman–Crippen MR) is 325 cm³/mol. The summed E-state index contributed by atoms with van der Waals surface area (Å²) in [6.45, 7) is 6.51. The molecule has 0 radical (unpaired) electrons. The maximum absolute atomic E-state index is 12.9. The SMILES string of the molecule is CC/C=C\C/C=C\C/C=C\C/C=C\C/C=C\CCCCCCCCCCCC(=O)OCC(COC(=O)CCCCCCCCCCCCCCC)OC(=O)CCCCCCCC/C=C\C/C=C\C/C=C\CCCCC. The second-order valence-corrected chi connectivity index (χ2v) is 20.9. The van der Waals surface area contributed by atoms with Crippen molar-refractivity contribution >= 4 is 17.9 Å². The first kappa shape index (κ1) is 71.3. The fraction of sp³-hybridized carbons (Fsp3) is 0.725. The molecule has 1 unspecified atom stereocenters. The van der Waals surface area contributed by atoms with Crippen molar-refractivity contribution in [3.8, 4) is 0 Å². The van der Waals surface area contributed by atoms with Crippen LogP contribution in [-0.2, 0) is 28.6 Å². The molecule has 0 aliphatic heterocycles. The standard InChI is InChI=1S/C69H118O6/c1-4-7-10-13-16-19-22-25-27-29-31-32-33-34-35-36-38-39-41-44-47-50-53-56-59-62-68(71)74-65-66(64-73-67(70)61-58-55-52-49-46-43-24-21-18-15-12-9-6-3)75-69(72)63-60-57-54-51-48-45-42-40-37-30-28-26-23-20-17-14-11-8-5-2/h7,10,16-17,19-20,25-28,31-32,34-35,37,40,66H,4-6,8-9,11-15,18,21-24,29-30,33,36,38-39,41-65H2,1-3H3/b10-7-,19-16-,20-17-,27-25-,28-26-,32-31-,35-34-,40-37-. The summed E-state index contributed by atoms with van der Waals surface area (Å²) in [5.41, 5.74) is 0. The highest BCUT2D eigenvalue weighted by molar-refractivity contribution is 5.71. The zero-order chi connectivity index (χ0) is 54.3. The zero-order valence-corrected chi connectivity index (χ0v) is 49.3. The van der Waals surface area contributed by atoms with Gasteiger partial charge in [0.1, 0.15) is 13.2 Å². The highest BCUT2D eigenvalue weighted by atomic mass is 16.6. The molecule has 0 saturated carbocycles. The van der Waals surface area contributed by atoms with Gasteiger partial charge in [0.2, 0.25) is 0 Å². The molecule has 6 nitrogen and oxygen atoms in total. The van der Waals surface area contributed by atoms with E-state index in [1.165, 1.54) is 141 Å². The van der Waals surface area contributed by atoms with Crippen molar-refractivity contribution in [1.29, 1.82) is 0 Å². The topological polar surface area (TPSA) is 78.9 Å². The lowest BCUT2D eigenvalue weighted by Gasteiger charge is -2.18. The minimum absolute atomic E-state index is 0.0824. The van der Waals surface area contributed by atoms with Gasteiger partial charge in [-0.2, -0.15) is 0 Å². The predicted octanol–water partition coefficient (Wildman–Crippen LogP) is 21.7. The van der Waals surface area contributed by atoms with Crippen molar-refractivity contribution in [3.63, 3.8) is 0 Å². The first-order valence-electron chi connectivity index (χ1n) is 31.7. The largest absolute Gasteiger partial charge is 0.462 e. The normalized spacial score (nSPS) is 12.7. The van der Waals surface area contributed by atoms with Crippen LogP contribution in [0.15, 0.2) is 97.2 Å². The van der Waals surface area contributed by atoms with E-state index in [-0.39, 0.29) is 31.1 Å². The molecule has 0 fully saturated rings. The molecule has 0 saturated heterocycles. The molecule has 75 heavy (non-hydrogen) atoms. The average Bonchev–Trinajstić information content (AvgIpc) is 3.41. The molecular formula is C69H118O6.